The van der Waals surface area contributed by atoms with E-state index in [2.05, 4.69) is 114 Å². The molecule has 0 unspecified atom stereocenters. The van der Waals surface area contributed by atoms with Gasteiger partial charge in [0, 0.05) is 33.3 Å². The highest BCUT2D eigenvalue weighted by molar-refractivity contribution is 7.20. The normalized spacial score (nSPS) is 15.1. The van der Waals surface area contributed by atoms with E-state index in [-0.39, 0.29) is 6.71 Å². The van der Waals surface area contributed by atoms with Crippen molar-refractivity contribution in [1.29, 1.82) is 0 Å². The van der Waals surface area contributed by atoms with Gasteiger partial charge >= 0.3 is 0 Å². The van der Waals surface area contributed by atoms with E-state index in [0.29, 0.717) is 0 Å². The van der Waals surface area contributed by atoms with Crippen molar-refractivity contribution in [3.05, 3.63) is 113 Å². The van der Waals surface area contributed by atoms with E-state index in [9.17, 15) is 0 Å². The number of hydrogen-bond donors (Lipinski definition) is 0. The monoisotopic (exact) mass is 494 g/mol. The van der Waals surface area contributed by atoms with Gasteiger partial charge in [-0.25, -0.2) is 0 Å². The third-order valence-corrected chi connectivity index (χ3v) is 9.60. The Labute approximate surface area is 222 Å². The minimum Gasteiger partial charge on any atom is -0.311 e. The lowest BCUT2D eigenvalue weighted by molar-refractivity contribution is 0.699. The number of nitrogens with zero attached hydrogens (tertiary/aromatic N) is 2. The van der Waals surface area contributed by atoms with E-state index < -0.39 is 0 Å². The largest absolute Gasteiger partial charge is 0.311 e. The molecule has 0 bridgehead atoms. The van der Waals surface area contributed by atoms with Crippen LogP contribution in [0.25, 0.3) is 0 Å². The van der Waals surface area contributed by atoms with Crippen LogP contribution in [0.3, 0.4) is 0 Å². The molecule has 0 amide bonds. The highest BCUT2D eigenvalue weighted by Crippen LogP contribution is 2.47. The predicted molar refractivity (Wildman–Crippen MR) is 160 cm³/mol. The van der Waals surface area contributed by atoms with E-state index in [0.717, 1.165) is 0 Å². The molecule has 1 aromatic heterocycles. The van der Waals surface area contributed by atoms with Gasteiger partial charge in [-0.15, -0.1) is 11.3 Å². The maximum absolute atomic E-state index is 2.55. The Morgan fingerprint density at radius 1 is 0.622 bits per heavy atom. The molecule has 0 saturated heterocycles. The standard InChI is InChI=1S/C33H27BN2S/c1-22-18-20-24(21-19-22)35-27-14-7-6-13-26(27)34-31-25-12-5-8-17-30(25)37-33(31)36(23-10-3-2-4-11-23)29-16-9-15-28(35)32(29)34/h2-4,6-7,9-11,13-16,18-21H,5,8,12,17H2,1H3. The molecule has 1 aliphatic carbocycles. The van der Waals surface area contributed by atoms with Gasteiger partial charge < -0.3 is 9.80 Å². The van der Waals surface area contributed by atoms with E-state index in [4.69, 9.17) is 0 Å². The molecule has 5 aromatic rings. The number of para-hydroxylation sites is 2. The van der Waals surface area contributed by atoms with Gasteiger partial charge in [0.05, 0.1) is 5.00 Å². The Morgan fingerprint density at radius 3 is 2.14 bits per heavy atom. The quantitative estimate of drug-likeness (QED) is 0.239. The van der Waals surface area contributed by atoms with Gasteiger partial charge in [-0.2, -0.15) is 0 Å². The van der Waals surface area contributed by atoms with E-state index >= 15 is 0 Å². The first-order valence-corrected chi connectivity index (χ1v) is 14.2. The Hall–Kier alpha value is -3.76. The maximum atomic E-state index is 2.55. The first-order chi connectivity index (χ1) is 18.3. The predicted octanol–water partition coefficient (Wildman–Crippen LogP) is 7.02. The van der Waals surface area contributed by atoms with Crippen molar-refractivity contribution in [2.24, 2.45) is 0 Å². The van der Waals surface area contributed by atoms with Crippen molar-refractivity contribution in [2.45, 2.75) is 32.6 Å². The molecule has 0 spiro atoms. The average Bonchev–Trinajstić information content (AvgIpc) is 3.33. The maximum Gasteiger partial charge on any atom is 0.253 e. The fourth-order valence-corrected chi connectivity index (χ4v) is 8.16. The summed E-state index contributed by atoms with van der Waals surface area (Å²) in [6.45, 7) is 2.42. The van der Waals surface area contributed by atoms with Gasteiger partial charge in [0.1, 0.15) is 0 Å². The highest BCUT2D eigenvalue weighted by Gasteiger charge is 2.45. The van der Waals surface area contributed by atoms with Crippen LogP contribution in [0.2, 0.25) is 0 Å². The first-order valence-electron chi connectivity index (χ1n) is 13.4. The highest BCUT2D eigenvalue weighted by atomic mass is 32.1. The van der Waals surface area contributed by atoms with Crippen molar-refractivity contribution in [2.75, 3.05) is 9.80 Å². The van der Waals surface area contributed by atoms with Gasteiger partial charge in [-0.05, 0) is 97.0 Å². The molecule has 4 heteroatoms. The van der Waals surface area contributed by atoms with E-state index in [1.165, 1.54) is 75.6 Å². The number of fused-ring (bicyclic) bond motifs is 6. The summed E-state index contributed by atoms with van der Waals surface area (Å²) in [4.78, 5) is 6.64. The summed E-state index contributed by atoms with van der Waals surface area (Å²) in [7, 11) is 0. The van der Waals surface area contributed by atoms with Crippen LogP contribution < -0.4 is 26.2 Å². The SMILES string of the molecule is Cc1ccc(N2c3ccccc3B3c4c2cccc4N(c2ccccc2)c2sc4c(c23)CCCC4)cc1. The average molecular weight is 494 g/mol. The molecule has 4 aromatic carbocycles. The van der Waals surface area contributed by atoms with Crippen molar-refractivity contribution >= 4 is 67.9 Å². The number of rotatable bonds is 2. The molecule has 37 heavy (non-hydrogen) atoms. The fourth-order valence-electron chi connectivity index (χ4n) is 6.70. The Morgan fingerprint density at radius 2 is 1.30 bits per heavy atom. The van der Waals surface area contributed by atoms with Gasteiger partial charge in [0.15, 0.2) is 0 Å². The Bertz CT molecular complexity index is 1650. The zero-order valence-corrected chi connectivity index (χ0v) is 21.8. The van der Waals surface area contributed by atoms with Crippen LogP contribution in [0.4, 0.5) is 33.4 Å². The molecule has 0 atom stereocenters. The third kappa shape index (κ3) is 3.06. The smallest absolute Gasteiger partial charge is 0.253 e. The van der Waals surface area contributed by atoms with Gasteiger partial charge in [0.2, 0.25) is 0 Å². The van der Waals surface area contributed by atoms with Crippen LogP contribution in [0.15, 0.2) is 97.1 Å². The molecular formula is C33H27BN2S. The molecule has 8 rings (SSSR count). The van der Waals surface area contributed by atoms with Crippen molar-refractivity contribution in [3.8, 4) is 0 Å². The van der Waals surface area contributed by atoms with Crippen LogP contribution >= 0.6 is 11.3 Å². The first kappa shape index (κ1) is 21.3. The summed E-state index contributed by atoms with van der Waals surface area (Å²) < 4.78 is 0. The Kier molecular flexibility index (Phi) is 4.69. The van der Waals surface area contributed by atoms with E-state index in [1.807, 2.05) is 11.3 Å². The lowest BCUT2D eigenvalue weighted by Crippen LogP contribution is -2.61. The minimum absolute atomic E-state index is 0.261. The molecule has 2 aliphatic heterocycles. The van der Waals surface area contributed by atoms with Gasteiger partial charge in [0.25, 0.3) is 6.71 Å². The van der Waals surface area contributed by atoms with Crippen LogP contribution in [-0.4, -0.2) is 6.71 Å². The number of benzene rings is 4. The second kappa shape index (κ2) is 8.12. The molecule has 0 saturated carbocycles. The van der Waals surface area contributed by atoms with Gasteiger partial charge in [-0.3, -0.25) is 0 Å². The fraction of sp³-hybridized carbons (Fsp3) is 0.152. The number of aryl methyl sites for hydroxylation is 2. The summed E-state index contributed by atoms with van der Waals surface area (Å²) in [5.74, 6) is 0. The number of anilines is 6. The van der Waals surface area contributed by atoms with Crippen LogP contribution in [0, 0.1) is 6.92 Å². The summed E-state index contributed by atoms with van der Waals surface area (Å²) >= 11 is 2.04. The van der Waals surface area contributed by atoms with E-state index in [1.54, 1.807) is 15.9 Å². The molecule has 3 aliphatic rings. The molecule has 0 radical (unpaired) electrons. The third-order valence-electron chi connectivity index (χ3n) is 8.31. The van der Waals surface area contributed by atoms with Crippen LogP contribution in [0.1, 0.15) is 28.8 Å². The second-order valence-electron chi connectivity index (χ2n) is 10.5. The van der Waals surface area contributed by atoms with Crippen LogP contribution in [-0.2, 0) is 12.8 Å². The topological polar surface area (TPSA) is 6.48 Å². The number of thiophene rings is 1. The summed E-state index contributed by atoms with van der Waals surface area (Å²) in [6, 6.07) is 36.0. The molecule has 0 N–H and O–H groups in total. The molecule has 178 valence electrons. The summed E-state index contributed by atoms with van der Waals surface area (Å²) in [5, 5.41) is 1.42. The lowest BCUT2D eigenvalue weighted by Gasteiger charge is -2.43. The lowest BCUT2D eigenvalue weighted by atomic mass is 9.33. The summed E-state index contributed by atoms with van der Waals surface area (Å²) in [5.41, 5.74) is 13.7. The minimum atomic E-state index is 0.261. The molecule has 3 heterocycles. The molecule has 0 fully saturated rings. The van der Waals surface area contributed by atoms with Crippen LogP contribution in [0.5, 0.6) is 0 Å². The number of hydrogen-bond acceptors (Lipinski definition) is 3. The zero-order chi connectivity index (χ0) is 24.5. The van der Waals surface area contributed by atoms with Crippen molar-refractivity contribution in [3.63, 3.8) is 0 Å². The van der Waals surface area contributed by atoms with Crippen molar-refractivity contribution in [1.82, 2.24) is 0 Å². The summed E-state index contributed by atoms with van der Waals surface area (Å²) in [6.07, 6.45) is 5.00. The zero-order valence-electron chi connectivity index (χ0n) is 20.9. The molecule has 2 nitrogen and oxygen atoms in total. The molecular weight excluding hydrogens is 467 g/mol. The second-order valence-corrected chi connectivity index (χ2v) is 11.6. The Balaban J connectivity index is 1.47. The van der Waals surface area contributed by atoms with Gasteiger partial charge in [-0.1, -0.05) is 60.2 Å². The van der Waals surface area contributed by atoms with Crippen molar-refractivity contribution < 1.29 is 0 Å².